The van der Waals surface area contributed by atoms with Crippen LogP contribution in [-0.2, 0) is 6.54 Å². The molecule has 0 unspecified atom stereocenters. The number of nitrogens with zero attached hydrogens (tertiary/aromatic N) is 1. The summed E-state index contributed by atoms with van der Waals surface area (Å²) in [7, 11) is 0. The van der Waals surface area contributed by atoms with Gasteiger partial charge in [0.1, 0.15) is 5.82 Å². The number of nitrogens with one attached hydrogen (secondary N) is 1. The van der Waals surface area contributed by atoms with Gasteiger partial charge in [0, 0.05) is 31.0 Å². The minimum Gasteiger partial charge on any atom is -0.381 e. The molecule has 1 saturated heterocycles. The van der Waals surface area contributed by atoms with Gasteiger partial charge in [-0.2, -0.15) is 0 Å². The molecule has 1 heterocycles. The molecular weight excluding hydrogens is 331 g/mol. The third-order valence-electron chi connectivity index (χ3n) is 3.82. The van der Waals surface area contributed by atoms with Crippen molar-refractivity contribution >= 4 is 27.3 Å². The van der Waals surface area contributed by atoms with Crippen LogP contribution in [0.3, 0.4) is 0 Å². The van der Waals surface area contributed by atoms with Crippen molar-refractivity contribution in [2.24, 2.45) is 0 Å². The number of halogens is 2. The second kappa shape index (κ2) is 6.48. The minimum absolute atomic E-state index is 0.246. The summed E-state index contributed by atoms with van der Waals surface area (Å²) in [6, 6.07) is 13.7. The van der Waals surface area contributed by atoms with E-state index in [9.17, 15) is 4.39 Å². The fourth-order valence-electron chi connectivity index (χ4n) is 2.61. The molecule has 4 heteroatoms. The van der Waals surface area contributed by atoms with E-state index in [1.807, 2.05) is 6.07 Å². The highest BCUT2D eigenvalue weighted by molar-refractivity contribution is 9.10. The Morgan fingerprint density at radius 2 is 1.76 bits per heavy atom. The van der Waals surface area contributed by atoms with Crippen LogP contribution in [0.1, 0.15) is 18.4 Å². The predicted molar refractivity (Wildman–Crippen MR) is 89.3 cm³/mol. The SMILES string of the molecule is Fc1cc(NCc2ccc(N3CCCC3)cc2)ccc1Br. The van der Waals surface area contributed by atoms with Gasteiger partial charge in [-0.15, -0.1) is 0 Å². The molecule has 0 atom stereocenters. The van der Waals surface area contributed by atoms with E-state index >= 15 is 0 Å². The van der Waals surface area contributed by atoms with Crippen LogP contribution in [0.5, 0.6) is 0 Å². The van der Waals surface area contributed by atoms with Gasteiger partial charge in [0.25, 0.3) is 0 Å². The molecule has 2 nitrogen and oxygen atoms in total. The molecule has 0 aliphatic carbocycles. The molecule has 2 aromatic carbocycles. The maximum atomic E-state index is 13.4. The lowest BCUT2D eigenvalue weighted by atomic mass is 10.2. The molecule has 3 rings (SSSR count). The van der Waals surface area contributed by atoms with Gasteiger partial charge >= 0.3 is 0 Å². The van der Waals surface area contributed by atoms with Crippen LogP contribution in [0.4, 0.5) is 15.8 Å². The lowest BCUT2D eigenvalue weighted by Gasteiger charge is -2.17. The summed E-state index contributed by atoms with van der Waals surface area (Å²) in [4.78, 5) is 2.42. The van der Waals surface area contributed by atoms with Gasteiger partial charge in [-0.25, -0.2) is 4.39 Å². The lowest BCUT2D eigenvalue weighted by molar-refractivity contribution is 0.621. The summed E-state index contributed by atoms with van der Waals surface area (Å²) in [5, 5.41) is 3.24. The Morgan fingerprint density at radius 1 is 1.05 bits per heavy atom. The fraction of sp³-hybridized carbons (Fsp3) is 0.294. The van der Waals surface area contributed by atoms with E-state index in [0.717, 1.165) is 18.8 Å². The minimum atomic E-state index is -0.246. The molecular formula is C17H18BrFN2. The maximum Gasteiger partial charge on any atom is 0.139 e. The van der Waals surface area contributed by atoms with Gasteiger partial charge in [0.2, 0.25) is 0 Å². The monoisotopic (exact) mass is 348 g/mol. The number of hydrogen-bond donors (Lipinski definition) is 1. The average Bonchev–Trinajstić information content (AvgIpc) is 3.03. The van der Waals surface area contributed by atoms with Crippen LogP contribution >= 0.6 is 15.9 Å². The Labute approximate surface area is 133 Å². The predicted octanol–water partition coefficient (Wildman–Crippen LogP) is 4.80. The Morgan fingerprint density at radius 3 is 2.43 bits per heavy atom. The second-order valence-corrected chi connectivity index (χ2v) is 6.20. The van der Waals surface area contributed by atoms with E-state index < -0.39 is 0 Å². The van der Waals surface area contributed by atoms with E-state index in [1.165, 1.54) is 30.2 Å². The van der Waals surface area contributed by atoms with Gasteiger partial charge in [-0.1, -0.05) is 12.1 Å². The molecule has 0 saturated carbocycles. The summed E-state index contributed by atoms with van der Waals surface area (Å²) >= 11 is 3.16. The van der Waals surface area contributed by atoms with Crippen LogP contribution in [0.15, 0.2) is 46.9 Å². The molecule has 2 aromatic rings. The van der Waals surface area contributed by atoms with Gasteiger partial charge in [0.05, 0.1) is 4.47 Å². The van der Waals surface area contributed by atoms with Crippen LogP contribution in [0.2, 0.25) is 0 Å². The number of anilines is 2. The molecule has 21 heavy (non-hydrogen) atoms. The Kier molecular flexibility index (Phi) is 4.44. The van der Waals surface area contributed by atoms with Crippen molar-refractivity contribution in [1.82, 2.24) is 0 Å². The highest BCUT2D eigenvalue weighted by Crippen LogP contribution is 2.22. The average molecular weight is 349 g/mol. The summed E-state index contributed by atoms with van der Waals surface area (Å²) < 4.78 is 13.9. The second-order valence-electron chi connectivity index (χ2n) is 5.34. The van der Waals surface area contributed by atoms with Crippen molar-refractivity contribution in [3.05, 3.63) is 58.3 Å². The zero-order valence-corrected chi connectivity index (χ0v) is 13.4. The van der Waals surface area contributed by atoms with Gasteiger partial charge in [-0.3, -0.25) is 0 Å². The van der Waals surface area contributed by atoms with Crippen molar-refractivity contribution in [2.75, 3.05) is 23.3 Å². The summed E-state index contributed by atoms with van der Waals surface area (Å²) in [5.41, 5.74) is 3.28. The first-order valence-electron chi connectivity index (χ1n) is 7.25. The molecule has 0 radical (unpaired) electrons. The highest BCUT2D eigenvalue weighted by atomic mass is 79.9. The number of benzene rings is 2. The Hall–Kier alpha value is -1.55. The molecule has 0 bridgehead atoms. The third kappa shape index (κ3) is 3.56. The number of rotatable bonds is 4. The van der Waals surface area contributed by atoms with Crippen molar-refractivity contribution in [3.63, 3.8) is 0 Å². The molecule has 1 aliphatic rings. The smallest absolute Gasteiger partial charge is 0.139 e. The van der Waals surface area contributed by atoms with Crippen LogP contribution in [-0.4, -0.2) is 13.1 Å². The van der Waals surface area contributed by atoms with Gasteiger partial charge in [-0.05, 0) is 64.7 Å². The molecule has 1 aliphatic heterocycles. The third-order valence-corrected chi connectivity index (χ3v) is 4.47. The normalized spacial score (nSPS) is 14.5. The van der Waals surface area contributed by atoms with Crippen LogP contribution in [0, 0.1) is 5.82 Å². The first-order chi connectivity index (χ1) is 10.2. The molecule has 110 valence electrons. The van der Waals surface area contributed by atoms with Crippen LogP contribution < -0.4 is 10.2 Å². The first-order valence-corrected chi connectivity index (χ1v) is 8.04. The molecule has 0 aromatic heterocycles. The zero-order chi connectivity index (χ0) is 14.7. The van der Waals surface area contributed by atoms with Crippen molar-refractivity contribution in [2.45, 2.75) is 19.4 Å². The van der Waals surface area contributed by atoms with E-state index in [2.05, 4.69) is 50.4 Å². The highest BCUT2D eigenvalue weighted by Gasteiger charge is 2.11. The van der Waals surface area contributed by atoms with Crippen LogP contribution in [0.25, 0.3) is 0 Å². The quantitative estimate of drug-likeness (QED) is 0.853. The van der Waals surface area contributed by atoms with Crippen molar-refractivity contribution in [1.29, 1.82) is 0 Å². The van der Waals surface area contributed by atoms with E-state index in [1.54, 1.807) is 6.07 Å². The van der Waals surface area contributed by atoms with E-state index in [4.69, 9.17) is 0 Å². The van der Waals surface area contributed by atoms with Crippen molar-refractivity contribution < 1.29 is 4.39 Å². The topological polar surface area (TPSA) is 15.3 Å². The standard InChI is InChI=1S/C17H18BrFN2/c18-16-8-5-14(11-17(16)19)20-12-13-3-6-15(7-4-13)21-9-1-2-10-21/h3-8,11,20H,1-2,9-10,12H2. The molecule has 0 amide bonds. The Balaban J connectivity index is 1.61. The van der Waals surface area contributed by atoms with Gasteiger partial charge in [0.15, 0.2) is 0 Å². The Bertz CT molecular complexity index is 607. The molecule has 0 spiro atoms. The van der Waals surface area contributed by atoms with Gasteiger partial charge < -0.3 is 10.2 Å². The number of hydrogen-bond acceptors (Lipinski definition) is 2. The van der Waals surface area contributed by atoms with E-state index in [0.29, 0.717) is 11.0 Å². The van der Waals surface area contributed by atoms with E-state index in [-0.39, 0.29) is 5.82 Å². The summed E-state index contributed by atoms with van der Waals surface area (Å²) in [6.07, 6.45) is 2.58. The summed E-state index contributed by atoms with van der Waals surface area (Å²) in [5.74, 6) is -0.246. The first kappa shape index (κ1) is 14.4. The fourth-order valence-corrected chi connectivity index (χ4v) is 2.86. The molecule has 1 N–H and O–H groups in total. The van der Waals surface area contributed by atoms with Crippen molar-refractivity contribution in [3.8, 4) is 0 Å². The lowest BCUT2D eigenvalue weighted by Crippen LogP contribution is -2.17. The maximum absolute atomic E-state index is 13.4. The molecule has 1 fully saturated rings. The zero-order valence-electron chi connectivity index (χ0n) is 11.8. The summed E-state index contributed by atoms with van der Waals surface area (Å²) in [6.45, 7) is 3.02. The largest absolute Gasteiger partial charge is 0.381 e.